The quantitative estimate of drug-likeness (QED) is 0.393. The van der Waals surface area contributed by atoms with Gasteiger partial charge < -0.3 is 0 Å². The number of allylic oxidation sites excluding steroid dienone is 8. The Morgan fingerprint density at radius 1 is 1.00 bits per heavy atom. The van der Waals surface area contributed by atoms with Crippen LogP contribution in [0.4, 0.5) is 0 Å². The fourth-order valence-electron chi connectivity index (χ4n) is 4.43. The molecule has 0 aliphatic heterocycles. The zero-order valence-electron chi connectivity index (χ0n) is 16.2. The molecule has 0 saturated heterocycles. The van der Waals surface area contributed by atoms with Crippen molar-refractivity contribution in [1.29, 1.82) is 0 Å². The summed E-state index contributed by atoms with van der Waals surface area (Å²) >= 11 is -1.26. The summed E-state index contributed by atoms with van der Waals surface area (Å²) in [5.41, 5.74) is 5.36. The van der Waals surface area contributed by atoms with Crippen molar-refractivity contribution in [2.75, 3.05) is 0 Å². The average Bonchev–Trinajstić information content (AvgIpc) is 3.12. The SMILES string of the molecule is CCC1=C(CC)C(CC)[C]([Ti]([C]2=CC=CC2)=[Si](C)C)=C1CC.Cl.Cl. The fourth-order valence-corrected chi connectivity index (χ4v) is 16.8. The Balaban J connectivity index is 0.00000264. The van der Waals surface area contributed by atoms with E-state index in [4.69, 9.17) is 0 Å². The van der Waals surface area contributed by atoms with Gasteiger partial charge >= 0.3 is 144 Å². The van der Waals surface area contributed by atoms with E-state index in [-0.39, 0.29) is 31.0 Å². The summed E-state index contributed by atoms with van der Waals surface area (Å²) in [5.74, 6) is 0.797. The van der Waals surface area contributed by atoms with Crippen LogP contribution in [0.5, 0.6) is 0 Å². The summed E-state index contributed by atoms with van der Waals surface area (Å²) < 4.78 is 3.85. The average molecular weight is 421 g/mol. The van der Waals surface area contributed by atoms with Crippen LogP contribution in [0, 0.1) is 5.92 Å². The molecule has 1 atom stereocenters. The van der Waals surface area contributed by atoms with Gasteiger partial charge in [-0.25, -0.2) is 0 Å². The Kier molecular flexibility index (Phi) is 11.5. The summed E-state index contributed by atoms with van der Waals surface area (Å²) in [7, 11) is 0. The monoisotopic (exact) mass is 420 g/mol. The van der Waals surface area contributed by atoms with Gasteiger partial charge in [-0.2, -0.15) is 0 Å². The molecule has 0 amide bonds. The van der Waals surface area contributed by atoms with E-state index in [1.807, 2.05) is 7.76 Å². The minimum Gasteiger partial charge on any atom is -0.147 e. The standard InChI is InChI=1S/C13H21.C5H5.C2H6Si.2ClH.Ti/c1-5-10-9-11(6-2)13(8-4)12(10)7-3;1-2-4-5-3-1;1-3-2;;;/h10H,5-8H2,1-4H3;1-3H,4H2;1-2H3;2*1H;. The first-order chi connectivity index (χ1) is 10.6. The molecule has 4 heteroatoms. The number of halogens is 2. The van der Waals surface area contributed by atoms with E-state index in [1.165, 1.54) is 32.1 Å². The molecule has 2 aliphatic rings. The third-order valence-electron chi connectivity index (χ3n) is 5.20. The van der Waals surface area contributed by atoms with Gasteiger partial charge in [-0.15, -0.1) is 24.8 Å². The molecule has 2 aliphatic carbocycles. The first-order valence-electron chi connectivity index (χ1n) is 9.09. The molecule has 1 unspecified atom stereocenters. The normalized spacial score (nSPS) is 19.2. The van der Waals surface area contributed by atoms with E-state index in [0.29, 0.717) is 0 Å². The van der Waals surface area contributed by atoms with E-state index in [1.54, 1.807) is 16.7 Å². The zero-order valence-corrected chi connectivity index (χ0v) is 20.4. The largest absolute Gasteiger partial charge is 0.147 e. The van der Waals surface area contributed by atoms with Crippen molar-refractivity contribution in [3.05, 3.63) is 42.7 Å². The molecule has 0 saturated carbocycles. The van der Waals surface area contributed by atoms with Crippen molar-refractivity contribution < 1.29 is 16.6 Å². The van der Waals surface area contributed by atoms with Crippen molar-refractivity contribution in [1.82, 2.24) is 0 Å². The van der Waals surface area contributed by atoms with E-state index in [0.717, 1.165) is 5.92 Å². The van der Waals surface area contributed by atoms with Crippen molar-refractivity contribution in [3.63, 3.8) is 0 Å². The third-order valence-corrected chi connectivity index (χ3v) is 16.8. The second kappa shape index (κ2) is 11.2. The van der Waals surface area contributed by atoms with Crippen molar-refractivity contribution in [2.24, 2.45) is 5.92 Å². The molecule has 24 heavy (non-hydrogen) atoms. The predicted molar refractivity (Wildman–Crippen MR) is 113 cm³/mol. The van der Waals surface area contributed by atoms with Crippen LogP contribution in [-0.4, -0.2) is 6.19 Å². The Hall–Kier alpha value is 0.471. The molecule has 0 spiro atoms. The maximum Gasteiger partial charge on any atom is -0.147 e. The molecule has 0 aromatic rings. The number of hydrogen-bond acceptors (Lipinski definition) is 0. The maximum absolute atomic E-state index is 2.59. The molecule has 0 bridgehead atoms. The van der Waals surface area contributed by atoms with Gasteiger partial charge in [-0.05, 0) is 0 Å². The molecule has 0 nitrogen and oxygen atoms in total. The topological polar surface area (TPSA) is 0 Å². The third kappa shape index (κ3) is 4.60. The Morgan fingerprint density at radius 2 is 1.62 bits per heavy atom. The molecule has 0 heterocycles. The molecule has 0 radical (unpaired) electrons. The molecule has 0 N–H and O–H groups in total. The summed E-state index contributed by atoms with van der Waals surface area (Å²) in [6.45, 7) is 14.7. The number of rotatable bonds is 6. The molecule has 0 fully saturated rings. The Labute approximate surface area is 168 Å². The molecular formula is C20H34Cl2SiTi. The van der Waals surface area contributed by atoms with E-state index in [2.05, 4.69) is 59.0 Å². The van der Waals surface area contributed by atoms with Crippen LogP contribution < -0.4 is 0 Å². The molecule has 2 rings (SSSR count). The van der Waals surface area contributed by atoms with Crippen LogP contribution in [0.1, 0.15) is 59.8 Å². The maximum atomic E-state index is 2.59. The summed E-state index contributed by atoms with van der Waals surface area (Å²) in [6.07, 6.45) is 13.3. The van der Waals surface area contributed by atoms with Crippen molar-refractivity contribution in [2.45, 2.75) is 72.9 Å². The molecular weight excluding hydrogens is 387 g/mol. The van der Waals surface area contributed by atoms with Gasteiger partial charge in [0.15, 0.2) is 0 Å². The van der Waals surface area contributed by atoms with Gasteiger partial charge in [0.05, 0.1) is 0 Å². The van der Waals surface area contributed by atoms with Crippen molar-refractivity contribution >= 4 is 31.0 Å². The van der Waals surface area contributed by atoms with Crippen LogP contribution >= 0.6 is 24.8 Å². The van der Waals surface area contributed by atoms with Crippen LogP contribution in [-0.2, 0) is 16.6 Å². The van der Waals surface area contributed by atoms with Crippen LogP contribution in [0.15, 0.2) is 42.7 Å². The van der Waals surface area contributed by atoms with Gasteiger partial charge in [0.1, 0.15) is 0 Å². The van der Waals surface area contributed by atoms with Crippen molar-refractivity contribution in [3.8, 4) is 0 Å². The summed E-state index contributed by atoms with van der Waals surface area (Å²) in [4.78, 5) is 0. The van der Waals surface area contributed by atoms with Gasteiger partial charge in [0.2, 0.25) is 0 Å². The summed E-state index contributed by atoms with van der Waals surface area (Å²) in [6, 6.07) is 0. The van der Waals surface area contributed by atoms with Gasteiger partial charge in [0, 0.05) is 0 Å². The van der Waals surface area contributed by atoms with E-state index in [9.17, 15) is 0 Å². The molecule has 0 aromatic carbocycles. The van der Waals surface area contributed by atoms with Gasteiger partial charge in [0.25, 0.3) is 0 Å². The Morgan fingerprint density at radius 3 is 2.00 bits per heavy atom. The first kappa shape index (κ1) is 24.5. The van der Waals surface area contributed by atoms with Gasteiger partial charge in [-0.3, -0.25) is 0 Å². The molecule has 136 valence electrons. The van der Waals surface area contributed by atoms with Crippen LogP contribution in [0.3, 0.4) is 0 Å². The fraction of sp³-hybridized carbons (Fsp3) is 0.600. The summed E-state index contributed by atoms with van der Waals surface area (Å²) in [5, 5.41) is 0. The van der Waals surface area contributed by atoms with Crippen LogP contribution in [0.25, 0.3) is 0 Å². The minimum atomic E-state index is -1.26. The zero-order chi connectivity index (χ0) is 16.3. The smallest absolute Gasteiger partial charge is 0.147 e. The Bertz CT molecular complexity index is 605. The number of hydrogen-bond donors (Lipinski definition) is 0. The first-order valence-corrected chi connectivity index (χ1v) is 15.5. The second-order valence-corrected chi connectivity index (χ2v) is 18.4. The second-order valence-electron chi connectivity index (χ2n) is 6.62. The van der Waals surface area contributed by atoms with Gasteiger partial charge in [-0.1, -0.05) is 0 Å². The predicted octanol–water partition coefficient (Wildman–Crippen LogP) is 7.36. The van der Waals surface area contributed by atoms with E-state index < -0.39 is 16.6 Å². The van der Waals surface area contributed by atoms with Crippen LogP contribution in [0.2, 0.25) is 13.1 Å². The minimum absolute atomic E-state index is 0. The van der Waals surface area contributed by atoms with E-state index >= 15 is 0 Å². The molecule has 0 aromatic heterocycles.